The summed E-state index contributed by atoms with van der Waals surface area (Å²) in [6, 6.07) is 17.5. The summed E-state index contributed by atoms with van der Waals surface area (Å²) in [5.41, 5.74) is 3.17. The molecule has 0 spiro atoms. The minimum Gasteiger partial charge on any atom is -0.510 e. The molecule has 0 bridgehead atoms. The molecule has 0 aliphatic carbocycles. The van der Waals surface area contributed by atoms with E-state index in [4.69, 9.17) is 10.1 Å². The van der Waals surface area contributed by atoms with Gasteiger partial charge in [0.05, 0.1) is 24.4 Å². The van der Waals surface area contributed by atoms with Crippen molar-refractivity contribution in [2.45, 2.75) is 6.92 Å². The lowest BCUT2D eigenvalue weighted by molar-refractivity contribution is 0.340. The molecule has 136 valence electrons. The fraction of sp³-hybridized carbons (Fsp3) is 0.143. The highest BCUT2D eigenvalue weighted by molar-refractivity contribution is 7.11. The summed E-state index contributed by atoms with van der Waals surface area (Å²) in [5.74, 6) is 1.15. The summed E-state index contributed by atoms with van der Waals surface area (Å²) in [6.45, 7) is 2.77. The summed E-state index contributed by atoms with van der Waals surface area (Å²) in [4.78, 5) is 6.41. The molecule has 4 rings (SSSR count). The van der Waals surface area contributed by atoms with Gasteiger partial charge in [0.15, 0.2) is 0 Å². The zero-order valence-corrected chi connectivity index (χ0v) is 15.7. The molecule has 0 saturated carbocycles. The van der Waals surface area contributed by atoms with Gasteiger partial charge in [0.1, 0.15) is 22.4 Å². The molecule has 2 N–H and O–H groups in total. The molecule has 2 aromatic carbocycles. The normalized spacial score (nSPS) is 14.1. The van der Waals surface area contributed by atoms with Crippen molar-refractivity contribution in [2.75, 3.05) is 18.1 Å². The number of amidine groups is 1. The molecule has 0 amide bonds. The van der Waals surface area contributed by atoms with E-state index >= 15 is 0 Å². The molecule has 2 heterocycles. The number of aliphatic hydroxyl groups is 1. The van der Waals surface area contributed by atoms with E-state index in [-0.39, 0.29) is 18.1 Å². The Hall–Kier alpha value is -3.12. The van der Waals surface area contributed by atoms with Gasteiger partial charge in [-0.05, 0) is 19.1 Å². The summed E-state index contributed by atoms with van der Waals surface area (Å²) in [7, 11) is 0. The molecule has 3 aromatic rings. The standard InChI is InChI=1S/C21H19N3O2S/c1-2-26-16-10-6-9-15(11-16)24-12-18(25)19(20(24)22)21-23-17(13-27-21)14-7-4-3-5-8-14/h3-11,13,22,25H,2,12H2,1H3. The highest BCUT2D eigenvalue weighted by atomic mass is 32.1. The molecule has 1 aliphatic heterocycles. The Morgan fingerprint density at radius 2 is 2.00 bits per heavy atom. The number of aliphatic hydroxyl groups excluding tert-OH is 1. The fourth-order valence-corrected chi connectivity index (χ4v) is 3.96. The second-order valence-corrected chi connectivity index (χ2v) is 6.95. The highest BCUT2D eigenvalue weighted by Gasteiger charge is 2.31. The van der Waals surface area contributed by atoms with Gasteiger partial charge in [0, 0.05) is 22.7 Å². The SMILES string of the molecule is CCOc1cccc(N2CC(O)=C(c3nc(-c4ccccc4)cs3)C2=N)c1. The second-order valence-electron chi connectivity index (χ2n) is 6.09. The molecular formula is C21H19N3O2S. The Labute approximate surface area is 161 Å². The lowest BCUT2D eigenvalue weighted by Crippen LogP contribution is -2.26. The fourth-order valence-electron chi connectivity index (χ4n) is 3.06. The van der Waals surface area contributed by atoms with Crippen LogP contribution in [0.25, 0.3) is 16.8 Å². The Balaban J connectivity index is 1.62. The average molecular weight is 377 g/mol. The van der Waals surface area contributed by atoms with Gasteiger partial charge in [0.2, 0.25) is 0 Å². The first-order valence-electron chi connectivity index (χ1n) is 8.70. The number of hydrogen-bond acceptors (Lipinski definition) is 5. The van der Waals surface area contributed by atoms with Crippen LogP contribution in [0.3, 0.4) is 0 Å². The molecular weight excluding hydrogens is 358 g/mol. The van der Waals surface area contributed by atoms with Crippen LogP contribution in [-0.2, 0) is 0 Å². The van der Waals surface area contributed by atoms with Crippen LogP contribution in [0.1, 0.15) is 11.9 Å². The molecule has 0 saturated heterocycles. The van der Waals surface area contributed by atoms with E-state index in [1.807, 2.05) is 66.9 Å². The van der Waals surface area contributed by atoms with Crippen LogP contribution in [0.15, 0.2) is 65.7 Å². The van der Waals surface area contributed by atoms with Gasteiger partial charge in [-0.25, -0.2) is 4.98 Å². The van der Waals surface area contributed by atoms with E-state index in [1.165, 1.54) is 11.3 Å². The van der Waals surface area contributed by atoms with Crippen LogP contribution in [0.4, 0.5) is 5.69 Å². The first kappa shape index (κ1) is 17.3. The van der Waals surface area contributed by atoms with Crippen LogP contribution in [0, 0.1) is 5.41 Å². The maximum atomic E-state index is 10.5. The van der Waals surface area contributed by atoms with Gasteiger partial charge >= 0.3 is 0 Å². The van der Waals surface area contributed by atoms with Gasteiger partial charge in [-0.2, -0.15) is 0 Å². The van der Waals surface area contributed by atoms with Crippen LogP contribution >= 0.6 is 11.3 Å². The Bertz CT molecular complexity index is 1010. The van der Waals surface area contributed by atoms with Crippen molar-refractivity contribution in [1.82, 2.24) is 4.98 Å². The number of rotatable bonds is 5. The molecule has 1 aliphatic rings. The maximum Gasteiger partial charge on any atom is 0.139 e. The summed E-state index contributed by atoms with van der Waals surface area (Å²) in [5, 5.41) is 21.7. The minimum absolute atomic E-state index is 0.163. The Kier molecular flexibility index (Phi) is 4.64. The van der Waals surface area contributed by atoms with Gasteiger partial charge < -0.3 is 14.7 Å². The molecule has 0 fully saturated rings. The number of hydrogen-bond donors (Lipinski definition) is 2. The number of nitrogens with one attached hydrogen (secondary N) is 1. The van der Waals surface area contributed by atoms with Crippen molar-refractivity contribution in [2.24, 2.45) is 0 Å². The number of aromatic nitrogens is 1. The number of nitrogens with zero attached hydrogens (tertiary/aromatic N) is 2. The summed E-state index contributed by atoms with van der Waals surface area (Å²) >= 11 is 1.44. The monoisotopic (exact) mass is 377 g/mol. The number of ether oxygens (including phenoxy) is 1. The zero-order chi connectivity index (χ0) is 18.8. The molecule has 0 radical (unpaired) electrons. The summed E-state index contributed by atoms with van der Waals surface area (Å²) < 4.78 is 5.55. The smallest absolute Gasteiger partial charge is 0.139 e. The summed E-state index contributed by atoms with van der Waals surface area (Å²) in [6.07, 6.45) is 0. The van der Waals surface area contributed by atoms with E-state index in [1.54, 1.807) is 4.90 Å². The lowest BCUT2D eigenvalue weighted by atomic mass is 10.2. The van der Waals surface area contributed by atoms with Gasteiger partial charge in [0.25, 0.3) is 0 Å². The first-order chi connectivity index (χ1) is 13.2. The average Bonchev–Trinajstić information content (AvgIpc) is 3.27. The molecule has 6 heteroatoms. The lowest BCUT2D eigenvalue weighted by Gasteiger charge is -2.19. The van der Waals surface area contributed by atoms with E-state index in [2.05, 4.69) is 4.98 Å². The molecule has 0 atom stereocenters. The third-order valence-corrected chi connectivity index (χ3v) is 5.19. The van der Waals surface area contributed by atoms with E-state index < -0.39 is 0 Å². The quantitative estimate of drug-likeness (QED) is 0.658. The van der Waals surface area contributed by atoms with Crippen LogP contribution in [0.5, 0.6) is 5.75 Å². The third-order valence-electron chi connectivity index (χ3n) is 4.33. The van der Waals surface area contributed by atoms with E-state index in [0.717, 1.165) is 22.7 Å². The number of thiazole rings is 1. The predicted octanol–water partition coefficient (Wildman–Crippen LogP) is 4.98. The van der Waals surface area contributed by atoms with Gasteiger partial charge in [-0.15, -0.1) is 11.3 Å². The van der Waals surface area contributed by atoms with E-state index in [0.29, 0.717) is 17.2 Å². The first-order valence-corrected chi connectivity index (χ1v) is 9.58. The van der Waals surface area contributed by atoms with Crippen molar-refractivity contribution in [3.63, 3.8) is 0 Å². The van der Waals surface area contributed by atoms with E-state index in [9.17, 15) is 5.11 Å². The largest absolute Gasteiger partial charge is 0.510 e. The van der Waals surface area contributed by atoms with Crippen molar-refractivity contribution >= 4 is 28.4 Å². The highest BCUT2D eigenvalue weighted by Crippen LogP contribution is 2.35. The third kappa shape index (κ3) is 3.31. The van der Waals surface area contributed by atoms with Crippen molar-refractivity contribution in [3.8, 4) is 17.0 Å². The molecule has 1 aromatic heterocycles. The van der Waals surface area contributed by atoms with Crippen LogP contribution in [-0.4, -0.2) is 29.1 Å². The molecule has 0 unspecified atom stereocenters. The molecule has 27 heavy (non-hydrogen) atoms. The van der Waals surface area contributed by atoms with Gasteiger partial charge in [-0.3, -0.25) is 5.41 Å². The van der Waals surface area contributed by atoms with Crippen molar-refractivity contribution < 1.29 is 9.84 Å². The maximum absolute atomic E-state index is 10.5. The Morgan fingerprint density at radius 3 is 2.78 bits per heavy atom. The predicted molar refractivity (Wildman–Crippen MR) is 110 cm³/mol. The number of benzene rings is 2. The topological polar surface area (TPSA) is 69.4 Å². The Morgan fingerprint density at radius 1 is 1.19 bits per heavy atom. The van der Waals surface area contributed by atoms with Crippen molar-refractivity contribution in [1.29, 1.82) is 5.41 Å². The minimum atomic E-state index is 0.163. The van der Waals surface area contributed by atoms with Gasteiger partial charge in [-0.1, -0.05) is 36.4 Å². The second kappa shape index (κ2) is 7.25. The van der Waals surface area contributed by atoms with Crippen LogP contribution < -0.4 is 9.64 Å². The van der Waals surface area contributed by atoms with Crippen molar-refractivity contribution in [3.05, 3.63) is 70.7 Å². The van der Waals surface area contributed by atoms with Crippen LogP contribution in [0.2, 0.25) is 0 Å². The number of anilines is 1. The zero-order valence-electron chi connectivity index (χ0n) is 14.8. The molecule has 5 nitrogen and oxygen atoms in total.